The normalized spacial score (nSPS) is 10.4. The SMILES string of the molecule is CN(Cc1cnn(C)c1)c1ccnc(Cl)c1. The number of nitrogens with zero attached hydrogens (tertiary/aromatic N) is 4. The Labute approximate surface area is 99.5 Å². The van der Waals surface area contributed by atoms with Gasteiger partial charge in [-0.15, -0.1) is 0 Å². The molecule has 5 heteroatoms. The van der Waals surface area contributed by atoms with Crippen LogP contribution in [0, 0.1) is 0 Å². The van der Waals surface area contributed by atoms with Gasteiger partial charge in [0.1, 0.15) is 5.15 Å². The largest absolute Gasteiger partial charge is 0.370 e. The van der Waals surface area contributed by atoms with Crippen LogP contribution < -0.4 is 4.90 Å². The van der Waals surface area contributed by atoms with E-state index in [1.54, 1.807) is 10.9 Å². The second-order valence-electron chi connectivity index (χ2n) is 3.72. The maximum atomic E-state index is 5.84. The van der Waals surface area contributed by atoms with Gasteiger partial charge in [0, 0.05) is 44.3 Å². The van der Waals surface area contributed by atoms with Crippen LogP contribution in [0.4, 0.5) is 5.69 Å². The van der Waals surface area contributed by atoms with Crippen molar-refractivity contribution in [2.75, 3.05) is 11.9 Å². The lowest BCUT2D eigenvalue weighted by Gasteiger charge is -2.18. The maximum absolute atomic E-state index is 5.84. The van der Waals surface area contributed by atoms with Crippen molar-refractivity contribution < 1.29 is 0 Å². The smallest absolute Gasteiger partial charge is 0.131 e. The van der Waals surface area contributed by atoms with Gasteiger partial charge in [-0.2, -0.15) is 5.10 Å². The molecule has 4 nitrogen and oxygen atoms in total. The van der Waals surface area contributed by atoms with Crippen LogP contribution in [0.2, 0.25) is 5.15 Å². The lowest BCUT2D eigenvalue weighted by molar-refractivity contribution is 0.766. The molecule has 0 aliphatic heterocycles. The lowest BCUT2D eigenvalue weighted by atomic mass is 10.3. The first kappa shape index (κ1) is 11.0. The molecule has 0 unspecified atom stereocenters. The molecule has 2 aromatic heterocycles. The van der Waals surface area contributed by atoms with Crippen molar-refractivity contribution in [1.29, 1.82) is 0 Å². The fourth-order valence-corrected chi connectivity index (χ4v) is 1.72. The summed E-state index contributed by atoms with van der Waals surface area (Å²) in [4.78, 5) is 6.06. The zero-order valence-corrected chi connectivity index (χ0v) is 10.0. The number of aryl methyl sites for hydroxylation is 1. The van der Waals surface area contributed by atoms with E-state index in [0.29, 0.717) is 5.15 Å². The quantitative estimate of drug-likeness (QED) is 0.766. The monoisotopic (exact) mass is 236 g/mol. The van der Waals surface area contributed by atoms with E-state index in [-0.39, 0.29) is 0 Å². The predicted octanol–water partition coefficient (Wildman–Crippen LogP) is 2.10. The molecular weight excluding hydrogens is 224 g/mol. The molecule has 0 spiro atoms. The Bertz CT molecular complexity index is 480. The molecule has 0 aliphatic carbocycles. The van der Waals surface area contributed by atoms with Gasteiger partial charge in [-0.3, -0.25) is 4.68 Å². The third kappa shape index (κ3) is 2.52. The van der Waals surface area contributed by atoms with E-state index < -0.39 is 0 Å². The topological polar surface area (TPSA) is 34.0 Å². The van der Waals surface area contributed by atoms with Crippen molar-refractivity contribution in [1.82, 2.24) is 14.8 Å². The zero-order valence-electron chi connectivity index (χ0n) is 9.26. The molecule has 84 valence electrons. The molecule has 0 N–H and O–H groups in total. The Hall–Kier alpha value is -1.55. The summed E-state index contributed by atoms with van der Waals surface area (Å²) in [7, 11) is 3.92. The molecule has 0 bridgehead atoms. The summed E-state index contributed by atoms with van der Waals surface area (Å²) in [5, 5.41) is 4.64. The Balaban J connectivity index is 2.11. The highest BCUT2D eigenvalue weighted by molar-refractivity contribution is 6.29. The zero-order chi connectivity index (χ0) is 11.5. The molecule has 0 saturated carbocycles. The van der Waals surface area contributed by atoms with Gasteiger partial charge >= 0.3 is 0 Å². The number of hydrogen-bond donors (Lipinski definition) is 0. The van der Waals surface area contributed by atoms with Gasteiger partial charge in [0.05, 0.1) is 6.20 Å². The summed E-state index contributed by atoms with van der Waals surface area (Å²) >= 11 is 5.84. The second-order valence-corrected chi connectivity index (χ2v) is 4.10. The average Bonchev–Trinajstić information content (AvgIpc) is 2.64. The van der Waals surface area contributed by atoms with Crippen LogP contribution in [0.25, 0.3) is 0 Å². The van der Waals surface area contributed by atoms with Crippen molar-refractivity contribution in [2.24, 2.45) is 7.05 Å². The molecule has 2 aromatic rings. The van der Waals surface area contributed by atoms with Gasteiger partial charge in [0.15, 0.2) is 0 Å². The number of halogens is 1. The van der Waals surface area contributed by atoms with Crippen LogP contribution in [-0.4, -0.2) is 21.8 Å². The number of anilines is 1. The van der Waals surface area contributed by atoms with Crippen LogP contribution >= 0.6 is 11.6 Å². The Morgan fingerprint density at radius 3 is 2.94 bits per heavy atom. The summed E-state index contributed by atoms with van der Waals surface area (Å²) in [5.41, 5.74) is 2.21. The van der Waals surface area contributed by atoms with Gasteiger partial charge in [-0.25, -0.2) is 4.98 Å². The molecule has 0 atom stereocenters. The van der Waals surface area contributed by atoms with Crippen molar-refractivity contribution in [2.45, 2.75) is 6.54 Å². The fourth-order valence-electron chi connectivity index (χ4n) is 1.55. The molecule has 16 heavy (non-hydrogen) atoms. The van der Waals surface area contributed by atoms with E-state index in [1.165, 1.54) is 0 Å². The Morgan fingerprint density at radius 2 is 2.31 bits per heavy atom. The van der Waals surface area contributed by atoms with Crippen LogP contribution in [0.3, 0.4) is 0 Å². The van der Waals surface area contributed by atoms with Crippen LogP contribution in [0.1, 0.15) is 5.56 Å². The van der Waals surface area contributed by atoms with Gasteiger partial charge < -0.3 is 4.90 Å². The lowest BCUT2D eigenvalue weighted by Crippen LogP contribution is -2.15. The minimum Gasteiger partial charge on any atom is -0.370 e. The van der Waals surface area contributed by atoms with E-state index in [9.17, 15) is 0 Å². The standard InChI is InChI=1S/C11H13ClN4/c1-15(7-9-6-14-16(2)8-9)10-3-4-13-11(12)5-10/h3-6,8H,7H2,1-2H3. The van der Waals surface area contributed by atoms with Crippen LogP contribution in [0.15, 0.2) is 30.7 Å². The number of pyridine rings is 1. The summed E-state index contributed by atoms with van der Waals surface area (Å²) in [6.45, 7) is 0.800. The molecule has 0 aromatic carbocycles. The number of hydrogen-bond acceptors (Lipinski definition) is 3. The first-order valence-corrected chi connectivity index (χ1v) is 5.33. The van der Waals surface area contributed by atoms with E-state index in [2.05, 4.69) is 15.0 Å². The molecule has 0 fully saturated rings. The highest BCUT2D eigenvalue weighted by Crippen LogP contribution is 2.17. The van der Waals surface area contributed by atoms with Crippen molar-refractivity contribution >= 4 is 17.3 Å². The van der Waals surface area contributed by atoms with Gasteiger partial charge in [-0.1, -0.05) is 11.6 Å². The summed E-state index contributed by atoms with van der Waals surface area (Å²) in [6, 6.07) is 3.78. The highest BCUT2D eigenvalue weighted by Gasteiger charge is 2.04. The van der Waals surface area contributed by atoms with Gasteiger partial charge in [0.2, 0.25) is 0 Å². The third-order valence-electron chi connectivity index (χ3n) is 2.33. The minimum absolute atomic E-state index is 0.510. The van der Waals surface area contributed by atoms with Crippen molar-refractivity contribution in [3.05, 3.63) is 41.4 Å². The summed E-state index contributed by atoms with van der Waals surface area (Å²) < 4.78 is 1.79. The third-order valence-corrected chi connectivity index (χ3v) is 2.54. The maximum Gasteiger partial charge on any atom is 0.131 e. The van der Waals surface area contributed by atoms with E-state index in [4.69, 9.17) is 11.6 Å². The summed E-state index contributed by atoms with van der Waals surface area (Å²) in [5.74, 6) is 0. The van der Waals surface area contributed by atoms with Gasteiger partial charge in [0.25, 0.3) is 0 Å². The van der Waals surface area contributed by atoms with Crippen LogP contribution in [-0.2, 0) is 13.6 Å². The number of aromatic nitrogens is 3. The van der Waals surface area contributed by atoms with E-state index in [0.717, 1.165) is 17.8 Å². The van der Waals surface area contributed by atoms with E-state index in [1.807, 2.05) is 38.6 Å². The molecule has 2 rings (SSSR count). The average molecular weight is 237 g/mol. The molecule has 0 amide bonds. The van der Waals surface area contributed by atoms with Crippen LogP contribution in [0.5, 0.6) is 0 Å². The molecular formula is C11H13ClN4. The highest BCUT2D eigenvalue weighted by atomic mass is 35.5. The Kier molecular flexibility index (Phi) is 3.10. The van der Waals surface area contributed by atoms with Gasteiger partial charge in [-0.05, 0) is 12.1 Å². The first-order chi connectivity index (χ1) is 7.65. The molecule has 0 aliphatic rings. The molecule has 2 heterocycles. The fraction of sp³-hybridized carbons (Fsp3) is 0.273. The predicted molar refractivity (Wildman–Crippen MR) is 64.6 cm³/mol. The molecule has 0 saturated heterocycles. The number of rotatable bonds is 3. The van der Waals surface area contributed by atoms with Crippen molar-refractivity contribution in [3.8, 4) is 0 Å². The van der Waals surface area contributed by atoms with E-state index >= 15 is 0 Å². The minimum atomic E-state index is 0.510. The molecule has 0 radical (unpaired) electrons. The second kappa shape index (κ2) is 4.53. The van der Waals surface area contributed by atoms with Crippen molar-refractivity contribution in [3.63, 3.8) is 0 Å². The first-order valence-electron chi connectivity index (χ1n) is 4.95. The Morgan fingerprint density at radius 1 is 1.50 bits per heavy atom. The summed E-state index contributed by atoms with van der Waals surface area (Å²) in [6.07, 6.45) is 5.57.